The van der Waals surface area contributed by atoms with Gasteiger partial charge in [-0.05, 0) is 24.6 Å². The van der Waals surface area contributed by atoms with E-state index in [1.807, 2.05) is 37.3 Å². The second-order valence-corrected chi connectivity index (χ2v) is 6.89. The number of thiol groups is 1. The van der Waals surface area contributed by atoms with Gasteiger partial charge in [0.15, 0.2) is 0 Å². The molecule has 2 rings (SSSR count). The Morgan fingerprint density at radius 2 is 1.77 bits per heavy atom. The molecule has 0 radical (unpaired) electrons. The maximum absolute atomic E-state index is 12.5. The van der Waals surface area contributed by atoms with E-state index in [1.54, 1.807) is 24.3 Å². The number of carbonyl (C=O) groups is 2. The van der Waals surface area contributed by atoms with Crippen LogP contribution in [-0.4, -0.2) is 42.7 Å². The lowest BCUT2D eigenvalue weighted by Crippen LogP contribution is -2.24. The first-order chi connectivity index (χ1) is 14.5. The fourth-order valence-corrected chi connectivity index (χ4v) is 2.92. The molecule has 0 unspecified atom stereocenters. The molecule has 7 nitrogen and oxygen atoms in total. The second-order valence-electron chi connectivity index (χ2n) is 6.57. The van der Waals surface area contributed by atoms with Gasteiger partial charge in [-0.25, -0.2) is 4.79 Å². The van der Waals surface area contributed by atoms with Crippen LogP contribution in [0.5, 0.6) is 5.75 Å². The van der Waals surface area contributed by atoms with Gasteiger partial charge in [-0.3, -0.25) is 10.1 Å². The van der Waals surface area contributed by atoms with Gasteiger partial charge in [-0.15, -0.1) is 0 Å². The van der Waals surface area contributed by atoms with Crippen LogP contribution < -0.4 is 10.1 Å². The van der Waals surface area contributed by atoms with Gasteiger partial charge < -0.3 is 19.3 Å². The molecule has 0 spiro atoms. The average molecular weight is 434 g/mol. The number of nitrogens with one attached hydrogen (secondary N) is 1. The molecule has 0 saturated carbocycles. The van der Waals surface area contributed by atoms with Crippen molar-refractivity contribution in [1.82, 2.24) is 0 Å². The van der Waals surface area contributed by atoms with Gasteiger partial charge in [0.1, 0.15) is 18.5 Å². The van der Waals surface area contributed by atoms with Crippen LogP contribution in [0.1, 0.15) is 25.0 Å². The molecule has 0 saturated heterocycles. The molecule has 2 aromatic carbocycles. The van der Waals surface area contributed by atoms with Crippen molar-refractivity contribution in [2.24, 2.45) is 5.92 Å². The third-order valence-electron chi connectivity index (χ3n) is 4.31. The number of carbonyl (C=O) groups excluding carboxylic acids is 2. The summed E-state index contributed by atoms with van der Waals surface area (Å²) >= 11 is 3.89. The van der Waals surface area contributed by atoms with Crippen LogP contribution in [0.3, 0.4) is 0 Å². The van der Waals surface area contributed by atoms with Crippen molar-refractivity contribution in [2.45, 2.75) is 19.4 Å². The van der Waals surface area contributed by atoms with Crippen LogP contribution in [0, 0.1) is 5.92 Å². The summed E-state index contributed by atoms with van der Waals surface area (Å²) in [6, 6.07) is 16.2. The molecule has 0 heterocycles. The number of aliphatic hydroxyl groups excluding tert-OH is 1. The van der Waals surface area contributed by atoms with Gasteiger partial charge in [-0.1, -0.05) is 43.3 Å². The number of hydrogen-bond acceptors (Lipinski definition) is 7. The molecular weight excluding hydrogens is 406 g/mol. The van der Waals surface area contributed by atoms with E-state index in [9.17, 15) is 9.59 Å². The van der Waals surface area contributed by atoms with Crippen LogP contribution in [-0.2, 0) is 14.3 Å². The molecule has 1 amide bonds. The zero-order valence-corrected chi connectivity index (χ0v) is 17.7. The van der Waals surface area contributed by atoms with Crippen LogP contribution in [0.2, 0.25) is 0 Å². The molecule has 2 aromatic rings. The molecule has 8 heteroatoms. The maximum Gasteiger partial charge on any atom is 0.412 e. The molecule has 0 aromatic heterocycles. The zero-order valence-electron chi connectivity index (χ0n) is 16.8. The lowest BCUT2D eigenvalue weighted by atomic mass is 9.94. The molecule has 2 atom stereocenters. The Morgan fingerprint density at radius 3 is 2.47 bits per heavy atom. The second kappa shape index (κ2) is 12.8. The van der Waals surface area contributed by atoms with Crippen molar-refractivity contribution in [2.75, 3.05) is 30.9 Å². The number of hydrogen-bond donors (Lipinski definition) is 3. The summed E-state index contributed by atoms with van der Waals surface area (Å²) in [7, 11) is 0. The Kier molecular flexibility index (Phi) is 10.0. The van der Waals surface area contributed by atoms with E-state index >= 15 is 0 Å². The van der Waals surface area contributed by atoms with E-state index in [0.717, 1.165) is 0 Å². The van der Waals surface area contributed by atoms with Gasteiger partial charge in [0, 0.05) is 17.2 Å². The number of aliphatic hydroxyl groups is 1. The normalized spacial score (nSPS) is 12.5. The molecule has 2 N–H and O–H groups in total. The monoisotopic (exact) mass is 433 g/mol. The zero-order chi connectivity index (χ0) is 21.8. The molecule has 0 fully saturated rings. The minimum atomic E-state index is -0.654. The standard InChI is InChI=1S/C22H27NO6S/c1-16(11-13-28-20(25)15-30)21(18-9-5-6-10-19(18)27-14-12-24)29-22(26)23-17-7-3-2-4-8-17/h2-10,16,21,24,30H,11-15H2,1H3,(H,23,26)/t16-,21+/m1/s1. The number of amides is 1. The largest absolute Gasteiger partial charge is 0.491 e. The highest BCUT2D eigenvalue weighted by atomic mass is 32.1. The van der Waals surface area contributed by atoms with E-state index in [4.69, 9.17) is 19.3 Å². The summed E-state index contributed by atoms with van der Waals surface area (Å²) < 4.78 is 16.5. The number of benzene rings is 2. The molecule has 0 aliphatic heterocycles. The summed E-state index contributed by atoms with van der Waals surface area (Å²) in [6.45, 7) is 2.07. The summed E-state index contributed by atoms with van der Waals surface area (Å²) in [5, 5.41) is 11.8. The first-order valence-corrected chi connectivity index (χ1v) is 10.3. The predicted molar refractivity (Wildman–Crippen MR) is 117 cm³/mol. The topological polar surface area (TPSA) is 94.1 Å². The fourth-order valence-electron chi connectivity index (χ4n) is 2.83. The van der Waals surface area contributed by atoms with Crippen molar-refractivity contribution < 1.29 is 28.9 Å². The van der Waals surface area contributed by atoms with Gasteiger partial charge in [-0.2, -0.15) is 12.6 Å². The van der Waals surface area contributed by atoms with Crippen molar-refractivity contribution in [3.8, 4) is 5.75 Å². The molecule has 162 valence electrons. The van der Waals surface area contributed by atoms with Crippen molar-refractivity contribution in [3.63, 3.8) is 0 Å². The molecule has 0 aliphatic rings. The highest BCUT2D eigenvalue weighted by Gasteiger charge is 2.27. The molecule has 0 bridgehead atoms. The number of esters is 1. The number of rotatable bonds is 11. The predicted octanol–water partition coefficient (Wildman–Crippen LogP) is 3.85. The summed E-state index contributed by atoms with van der Waals surface area (Å²) in [5.41, 5.74) is 1.28. The summed E-state index contributed by atoms with van der Waals surface area (Å²) in [6.07, 6.45) is -0.794. The maximum atomic E-state index is 12.5. The lowest BCUT2D eigenvalue weighted by Gasteiger charge is -2.26. The van der Waals surface area contributed by atoms with Crippen LogP contribution in [0.15, 0.2) is 54.6 Å². The molecule has 30 heavy (non-hydrogen) atoms. The van der Waals surface area contributed by atoms with Gasteiger partial charge in [0.2, 0.25) is 0 Å². The first kappa shape index (κ1) is 23.6. The van der Waals surface area contributed by atoms with E-state index in [1.165, 1.54) is 0 Å². The Hall–Kier alpha value is -2.71. The fraction of sp³-hybridized carbons (Fsp3) is 0.364. The number of anilines is 1. The van der Waals surface area contributed by atoms with Crippen LogP contribution >= 0.6 is 12.6 Å². The van der Waals surface area contributed by atoms with Gasteiger partial charge in [0.25, 0.3) is 0 Å². The first-order valence-electron chi connectivity index (χ1n) is 9.67. The summed E-state index contributed by atoms with van der Waals surface area (Å²) in [4.78, 5) is 23.9. The Labute approximate surface area is 181 Å². The Morgan fingerprint density at radius 1 is 1.07 bits per heavy atom. The van der Waals surface area contributed by atoms with E-state index in [0.29, 0.717) is 23.4 Å². The van der Waals surface area contributed by atoms with Crippen molar-refractivity contribution in [3.05, 3.63) is 60.2 Å². The van der Waals surface area contributed by atoms with Crippen molar-refractivity contribution in [1.29, 1.82) is 0 Å². The highest BCUT2D eigenvalue weighted by molar-refractivity contribution is 7.81. The van der Waals surface area contributed by atoms with Crippen LogP contribution in [0.4, 0.5) is 10.5 Å². The van der Waals surface area contributed by atoms with Crippen LogP contribution in [0.25, 0.3) is 0 Å². The number of ether oxygens (including phenoxy) is 3. The van der Waals surface area contributed by atoms with Crippen molar-refractivity contribution >= 4 is 30.4 Å². The molecule has 0 aliphatic carbocycles. The van der Waals surface area contributed by atoms with E-state index in [-0.39, 0.29) is 31.5 Å². The van der Waals surface area contributed by atoms with Gasteiger partial charge in [0.05, 0.1) is 19.0 Å². The quantitative estimate of drug-likeness (QED) is 0.368. The Bertz CT molecular complexity index is 801. The van der Waals surface area contributed by atoms with E-state index in [2.05, 4.69) is 17.9 Å². The highest BCUT2D eigenvalue weighted by Crippen LogP contribution is 2.35. The lowest BCUT2D eigenvalue weighted by molar-refractivity contribution is -0.141. The third kappa shape index (κ3) is 7.61. The van der Waals surface area contributed by atoms with E-state index < -0.39 is 18.2 Å². The third-order valence-corrected chi connectivity index (χ3v) is 4.57. The molecular formula is C22H27NO6S. The SMILES string of the molecule is C[C@H](CCOC(=O)CS)[C@H](OC(=O)Nc1ccccc1)c1ccccc1OCCO. The minimum absolute atomic E-state index is 0.00558. The van der Waals surface area contributed by atoms with Gasteiger partial charge >= 0.3 is 12.1 Å². The average Bonchev–Trinajstić information content (AvgIpc) is 2.76. The summed E-state index contributed by atoms with van der Waals surface area (Å²) in [5.74, 6) is -0.0658. The Balaban J connectivity index is 2.17. The minimum Gasteiger partial charge on any atom is -0.491 e. The smallest absolute Gasteiger partial charge is 0.412 e. The number of para-hydroxylation sites is 2.